The van der Waals surface area contributed by atoms with Crippen molar-refractivity contribution in [3.63, 3.8) is 0 Å². The average molecular weight is 581 g/mol. The second-order valence-corrected chi connectivity index (χ2v) is 10.8. The molecule has 0 saturated heterocycles. The number of nitrogens with zero attached hydrogens (tertiary/aromatic N) is 2. The number of aromatic nitrogens is 4. The SMILES string of the molecule is CCCSc1ccc2[nH]c(NC(=O)OC)nc2c1.COC(=O)Nc1nc2cc([S+]([O-])c3ccccc3)ccc2[nH]1. The van der Waals surface area contributed by atoms with Gasteiger partial charge in [0.15, 0.2) is 9.79 Å². The van der Waals surface area contributed by atoms with E-state index in [1.165, 1.54) is 19.1 Å². The first-order valence-electron chi connectivity index (χ1n) is 12.2. The Labute approximate surface area is 237 Å². The second-order valence-electron chi connectivity index (χ2n) is 8.19. The standard InChI is InChI=1S/C15H13N3O3S.C12H15N3O2S/c1-21-15(19)18-14-16-12-8-7-11(9-13(12)17-14)22(20)10-5-3-2-4-6-10;1-3-6-18-8-4-5-9-10(7-8)14-11(13-9)15-12(16)17-2/h2-9H,1H3,(H2,16,17,18,19);4-5,7H,3,6H2,1-2H3,(H2,13,14,15,16). The summed E-state index contributed by atoms with van der Waals surface area (Å²) in [7, 11) is 2.59. The van der Waals surface area contributed by atoms with Crippen molar-refractivity contribution in [2.45, 2.75) is 28.0 Å². The van der Waals surface area contributed by atoms with E-state index in [2.05, 4.69) is 47.0 Å². The van der Waals surface area contributed by atoms with Crippen molar-refractivity contribution in [2.75, 3.05) is 30.6 Å². The molecule has 3 aromatic carbocycles. The van der Waals surface area contributed by atoms with Gasteiger partial charge in [0.1, 0.15) is 0 Å². The van der Waals surface area contributed by atoms with Gasteiger partial charge in [-0.05, 0) is 54.6 Å². The van der Waals surface area contributed by atoms with Crippen LogP contribution in [0.2, 0.25) is 0 Å². The van der Waals surface area contributed by atoms with Crippen molar-refractivity contribution < 1.29 is 23.6 Å². The van der Waals surface area contributed by atoms with E-state index >= 15 is 0 Å². The Hall–Kier alpha value is -4.20. The summed E-state index contributed by atoms with van der Waals surface area (Å²) in [6.45, 7) is 2.15. The van der Waals surface area contributed by atoms with Crippen LogP contribution in [-0.4, -0.2) is 56.6 Å². The number of aromatic amines is 2. The number of rotatable bonds is 7. The normalized spacial score (nSPS) is 11.4. The van der Waals surface area contributed by atoms with Gasteiger partial charge in [0.2, 0.25) is 11.9 Å². The molecule has 1 atom stereocenters. The van der Waals surface area contributed by atoms with Crippen molar-refractivity contribution in [2.24, 2.45) is 0 Å². The molecular weight excluding hydrogens is 552 g/mol. The number of H-pyrrole nitrogens is 2. The molecule has 13 heteroatoms. The van der Waals surface area contributed by atoms with Crippen molar-refractivity contribution in [1.82, 2.24) is 19.9 Å². The zero-order valence-corrected chi connectivity index (χ0v) is 23.7. The molecule has 0 radical (unpaired) electrons. The number of fused-ring (bicyclic) bond motifs is 2. The lowest BCUT2D eigenvalue weighted by atomic mass is 10.3. The van der Waals surface area contributed by atoms with Gasteiger partial charge in [-0.1, -0.05) is 25.1 Å². The number of hydrogen-bond donors (Lipinski definition) is 4. The number of ether oxygens (including phenoxy) is 2. The number of hydrogen-bond acceptors (Lipinski definition) is 8. The molecule has 5 aromatic rings. The molecule has 1 unspecified atom stereocenters. The van der Waals surface area contributed by atoms with E-state index in [1.807, 2.05) is 48.5 Å². The lowest BCUT2D eigenvalue weighted by molar-refractivity contribution is 0.186. The van der Waals surface area contributed by atoms with Gasteiger partial charge in [-0.25, -0.2) is 19.6 Å². The summed E-state index contributed by atoms with van der Waals surface area (Å²) >= 11 is 0.525. The summed E-state index contributed by atoms with van der Waals surface area (Å²) < 4.78 is 21.5. The number of carbonyl (C=O) groups is 2. The average Bonchev–Trinajstić information content (AvgIpc) is 3.58. The van der Waals surface area contributed by atoms with Gasteiger partial charge in [0, 0.05) is 22.1 Å². The van der Waals surface area contributed by atoms with Crippen LogP contribution >= 0.6 is 11.8 Å². The first-order valence-corrected chi connectivity index (χ1v) is 14.3. The zero-order chi connectivity index (χ0) is 28.5. The first kappa shape index (κ1) is 28.8. The summed E-state index contributed by atoms with van der Waals surface area (Å²) in [5.74, 6) is 1.77. The number of thioether (sulfide) groups is 1. The Balaban J connectivity index is 0.000000189. The fraction of sp³-hybridized carbons (Fsp3) is 0.185. The molecule has 208 valence electrons. The third-order valence-corrected chi connectivity index (χ3v) is 7.95. The highest BCUT2D eigenvalue weighted by molar-refractivity contribution is 7.99. The van der Waals surface area contributed by atoms with Crippen molar-refractivity contribution in [1.29, 1.82) is 0 Å². The molecule has 2 amide bonds. The third kappa shape index (κ3) is 7.46. The molecule has 0 saturated carbocycles. The summed E-state index contributed by atoms with van der Waals surface area (Å²) in [4.78, 5) is 39.3. The van der Waals surface area contributed by atoms with Crippen molar-refractivity contribution in [3.05, 3.63) is 66.7 Å². The van der Waals surface area contributed by atoms with E-state index in [0.717, 1.165) is 33.6 Å². The van der Waals surface area contributed by atoms with Crippen LogP contribution in [0.25, 0.3) is 22.1 Å². The fourth-order valence-corrected chi connectivity index (χ4v) is 5.38. The number of amides is 2. The number of carbonyl (C=O) groups excluding carboxylic acids is 2. The Bertz CT molecular complexity index is 1590. The minimum absolute atomic E-state index is 0.282. The van der Waals surface area contributed by atoms with Crippen molar-refractivity contribution in [3.8, 4) is 0 Å². The number of anilines is 2. The lowest BCUT2D eigenvalue weighted by Gasteiger charge is -2.09. The number of imidazole rings is 2. The Morgan fingerprint density at radius 3 is 2.00 bits per heavy atom. The van der Waals surface area contributed by atoms with Crippen LogP contribution < -0.4 is 10.6 Å². The Kier molecular flexibility index (Phi) is 9.89. The molecule has 40 heavy (non-hydrogen) atoms. The molecule has 0 aliphatic rings. The molecule has 11 nitrogen and oxygen atoms in total. The monoisotopic (exact) mass is 580 g/mol. The van der Waals surface area contributed by atoms with Crippen LogP contribution in [0.4, 0.5) is 21.5 Å². The maximum atomic E-state index is 12.5. The second kappa shape index (κ2) is 13.7. The van der Waals surface area contributed by atoms with Gasteiger partial charge < -0.3 is 24.0 Å². The predicted octanol–water partition coefficient (Wildman–Crippen LogP) is 6.15. The topological polar surface area (TPSA) is 157 Å². The van der Waals surface area contributed by atoms with Gasteiger partial charge in [0.05, 0.1) is 36.3 Å². The molecule has 4 N–H and O–H groups in total. The van der Waals surface area contributed by atoms with Crippen LogP contribution in [0.1, 0.15) is 13.3 Å². The van der Waals surface area contributed by atoms with Gasteiger partial charge in [-0.3, -0.25) is 10.6 Å². The van der Waals surface area contributed by atoms with Crippen LogP contribution in [0.3, 0.4) is 0 Å². The van der Waals surface area contributed by atoms with E-state index < -0.39 is 23.4 Å². The van der Waals surface area contributed by atoms with Crippen LogP contribution in [0, 0.1) is 0 Å². The molecule has 5 rings (SSSR count). The summed E-state index contributed by atoms with van der Waals surface area (Å²) in [5, 5.41) is 4.97. The van der Waals surface area contributed by atoms with E-state index in [-0.39, 0.29) is 5.95 Å². The van der Waals surface area contributed by atoms with E-state index in [0.29, 0.717) is 16.4 Å². The molecule has 0 fully saturated rings. The largest absolute Gasteiger partial charge is 0.606 e. The lowest BCUT2D eigenvalue weighted by Crippen LogP contribution is -2.11. The van der Waals surface area contributed by atoms with Crippen molar-refractivity contribution >= 4 is 69.1 Å². The maximum Gasteiger partial charge on any atom is 0.413 e. The molecule has 0 bridgehead atoms. The quantitative estimate of drug-likeness (QED) is 0.132. The van der Waals surface area contributed by atoms with Gasteiger partial charge >= 0.3 is 12.2 Å². The first-order chi connectivity index (χ1) is 19.4. The number of methoxy groups -OCH3 is 2. The molecule has 0 aliphatic heterocycles. The summed E-state index contributed by atoms with van der Waals surface area (Å²) in [5.41, 5.74) is 3.08. The fourth-order valence-electron chi connectivity index (χ4n) is 3.49. The van der Waals surface area contributed by atoms with Gasteiger partial charge in [-0.2, -0.15) is 0 Å². The molecule has 0 spiro atoms. The van der Waals surface area contributed by atoms with Crippen LogP contribution in [-0.2, 0) is 20.6 Å². The summed E-state index contributed by atoms with van der Waals surface area (Å²) in [6, 6.07) is 20.5. The smallest absolute Gasteiger partial charge is 0.413 e. The number of nitrogens with one attached hydrogen (secondary N) is 4. The summed E-state index contributed by atoms with van der Waals surface area (Å²) in [6.07, 6.45) is 0.0000754. The minimum Gasteiger partial charge on any atom is -0.606 e. The minimum atomic E-state index is -1.27. The predicted molar refractivity (Wildman–Crippen MR) is 156 cm³/mol. The highest BCUT2D eigenvalue weighted by Gasteiger charge is 2.16. The van der Waals surface area contributed by atoms with Crippen LogP contribution in [0.15, 0.2) is 81.4 Å². The number of benzene rings is 3. The highest BCUT2D eigenvalue weighted by Crippen LogP contribution is 2.25. The van der Waals surface area contributed by atoms with Gasteiger partial charge in [-0.15, -0.1) is 11.8 Å². The molecule has 0 aliphatic carbocycles. The zero-order valence-electron chi connectivity index (χ0n) is 22.0. The maximum absolute atomic E-state index is 12.5. The van der Waals surface area contributed by atoms with E-state index in [9.17, 15) is 14.1 Å². The Morgan fingerprint density at radius 2 is 1.43 bits per heavy atom. The van der Waals surface area contributed by atoms with E-state index in [4.69, 9.17) is 0 Å². The molecule has 2 aromatic heterocycles. The molecule has 2 heterocycles. The van der Waals surface area contributed by atoms with Gasteiger partial charge in [0.25, 0.3) is 0 Å². The highest BCUT2D eigenvalue weighted by atomic mass is 32.2. The van der Waals surface area contributed by atoms with Crippen LogP contribution in [0.5, 0.6) is 0 Å². The third-order valence-electron chi connectivity index (χ3n) is 5.36. The molecular formula is C27H28N6O5S2. The van der Waals surface area contributed by atoms with E-state index in [1.54, 1.807) is 30.0 Å². The Morgan fingerprint density at radius 1 is 0.850 bits per heavy atom.